The molecule has 1 saturated heterocycles. The summed E-state index contributed by atoms with van der Waals surface area (Å²) in [5.41, 5.74) is 1.44. The van der Waals surface area contributed by atoms with Crippen LogP contribution in [-0.4, -0.2) is 40.0 Å². The molecule has 6 nitrogen and oxygen atoms in total. The first kappa shape index (κ1) is 11.4. The van der Waals surface area contributed by atoms with Crippen LogP contribution in [0.3, 0.4) is 0 Å². The second kappa shape index (κ2) is 4.55. The first-order chi connectivity index (χ1) is 8.74. The number of hydrogen-bond acceptors (Lipinski definition) is 4. The monoisotopic (exact) mass is 248 g/mol. The fourth-order valence-corrected chi connectivity index (χ4v) is 2.25. The van der Waals surface area contributed by atoms with E-state index < -0.39 is 0 Å². The van der Waals surface area contributed by atoms with Crippen molar-refractivity contribution in [2.75, 3.05) is 19.7 Å². The van der Waals surface area contributed by atoms with Crippen molar-refractivity contribution in [3.05, 3.63) is 34.5 Å². The van der Waals surface area contributed by atoms with Crippen LogP contribution in [0.1, 0.15) is 5.69 Å². The minimum atomic E-state index is -0.0210. The minimum absolute atomic E-state index is 0.0210. The van der Waals surface area contributed by atoms with E-state index in [1.807, 2.05) is 6.92 Å². The van der Waals surface area contributed by atoms with Crippen molar-refractivity contribution in [1.29, 1.82) is 0 Å². The summed E-state index contributed by atoms with van der Waals surface area (Å²) in [6.45, 7) is 4.83. The molecule has 1 unspecified atom stereocenters. The highest BCUT2D eigenvalue weighted by Crippen LogP contribution is 2.02. The Bertz CT molecular complexity index is 610. The topological polar surface area (TPSA) is 60.6 Å². The van der Waals surface area contributed by atoms with Gasteiger partial charge < -0.3 is 14.6 Å². The maximum atomic E-state index is 12.2. The van der Waals surface area contributed by atoms with Crippen LogP contribution >= 0.6 is 0 Å². The van der Waals surface area contributed by atoms with Gasteiger partial charge in [0, 0.05) is 25.5 Å². The zero-order valence-corrected chi connectivity index (χ0v) is 10.3. The van der Waals surface area contributed by atoms with Crippen molar-refractivity contribution < 1.29 is 4.74 Å². The molecule has 1 N–H and O–H groups in total. The second-order valence-electron chi connectivity index (χ2n) is 4.57. The average molecular weight is 248 g/mol. The Balaban J connectivity index is 1.91. The van der Waals surface area contributed by atoms with Crippen LogP contribution in [0.4, 0.5) is 0 Å². The first-order valence-electron chi connectivity index (χ1n) is 6.12. The van der Waals surface area contributed by atoms with E-state index in [1.165, 1.54) is 0 Å². The molecule has 1 atom stereocenters. The molecule has 0 aliphatic carbocycles. The lowest BCUT2D eigenvalue weighted by molar-refractivity contribution is 0.0176. The molecule has 0 radical (unpaired) electrons. The quantitative estimate of drug-likeness (QED) is 0.799. The van der Waals surface area contributed by atoms with Crippen LogP contribution in [-0.2, 0) is 11.3 Å². The third-order valence-electron chi connectivity index (χ3n) is 3.13. The lowest BCUT2D eigenvalue weighted by Gasteiger charge is -2.24. The van der Waals surface area contributed by atoms with Crippen molar-refractivity contribution in [2.24, 2.45) is 0 Å². The van der Waals surface area contributed by atoms with Gasteiger partial charge in [-0.05, 0) is 13.0 Å². The summed E-state index contributed by atoms with van der Waals surface area (Å²) >= 11 is 0. The van der Waals surface area contributed by atoms with E-state index in [1.54, 1.807) is 27.5 Å². The summed E-state index contributed by atoms with van der Waals surface area (Å²) in [7, 11) is 0. The maximum Gasteiger partial charge on any atom is 0.276 e. The van der Waals surface area contributed by atoms with Gasteiger partial charge in [-0.2, -0.15) is 5.10 Å². The fourth-order valence-electron chi connectivity index (χ4n) is 2.25. The highest BCUT2D eigenvalue weighted by Gasteiger charge is 2.15. The van der Waals surface area contributed by atoms with Crippen LogP contribution in [0.15, 0.2) is 23.3 Å². The second-order valence-corrected chi connectivity index (χ2v) is 4.57. The minimum Gasteiger partial charge on any atom is -0.374 e. The largest absolute Gasteiger partial charge is 0.374 e. The van der Waals surface area contributed by atoms with E-state index in [2.05, 4.69) is 10.4 Å². The number of aryl methyl sites for hydroxylation is 1. The SMILES string of the molecule is Cc1cc2c(=O)n(CC3CNCCO3)ccn2n1. The van der Waals surface area contributed by atoms with Crippen molar-refractivity contribution in [2.45, 2.75) is 19.6 Å². The standard InChI is InChI=1S/C12H16N4O2/c1-9-6-11-12(17)15(3-4-16(11)14-9)8-10-7-13-2-5-18-10/h3-4,6,10,13H,2,5,7-8H2,1H3. The van der Waals surface area contributed by atoms with Gasteiger partial charge in [0.05, 0.1) is 24.9 Å². The molecule has 0 aromatic carbocycles. The lowest BCUT2D eigenvalue weighted by atomic mass is 10.3. The highest BCUT2D eigenvalue weighted by molar-refractivity contribution is 5.44. The van der Waals surface area contributed by atoms with E-state index in [0.717, 1.165) is 18.8 Å². The van der Waals surface area contributed by atoms with Gasteiger partial charge in [0.1, 0.15) is 5.52 Å². The van der Waals surface area contributed by atoms with Crippen LogP contribution < -0.4 is 10.9 Å². The van der Waals surface area contributed by atoms with Crippen molar-refractivity contribution in [1.82, 2.24) is 19.5 Å². The van der Waals surface area contributed by atoms with Gasteiger partial charge >= 0.3 is 0 Å². The molecule has 18 heavy (non-hydrogen) atoms. The number of fused-ring (bicyclic) bond motifs is 1. The summed E-state index contributed by atoms with van der Waals surface area (Å²) in [5, 5.41) is 7.48. The van der Waals surface area contributed by atoms with Crippen LogP contribution in [0.2, 0.25) is 0 Å². The van der Waals surface area contributed by atoms with E-state index in [-0.39, 0.29) is 11.7 Å². The number of rotatable bonds is 2. The molecule has 3 heterocycles. The Hall–Kier alpha value is -1.66. The molecule has 2 aromatic rings. The van der Waals surface area contributed by atoms with E-state index in [4.69, 9.17) is 4.74 Å². The zero-order valence-electron chi connectivity index (χ0n) is 10.3. The molecule has 6 heteroatoms. The lowest BCUT2D eigenvalue weighted by Crippen LogP contribution is -2.42. The third-order valence-corrected chi connectivity index (χ3v) is 3.13. The highest BCUT2D eigenvalue weighted by atomic mass is 16.5. The van der Waals surface area contributed by atoms with Crippen molar-refractivity contribution in [3.63, 3.8) is 0 Å². The van der Waals surface area contributed by atoms with Crippen molar-refractivity contribution in [3.8, 4) is 0 Å². The Morgan fingerprint density at radius 3 is 3.22 bits per heavy atom. The molecule has 0 spiro atoms. The van der Waals surface area contributed by atoms with E-state index >= 15 is 0 Å². The molecular weight excluding hydrogens is 232 g/mol. The fraction of sp³-hybridized carbons (Fsp3) is 0.500. The normalized spacial score (nSPS) is 20.4. The first-order valence-corrected chi connectivity index (χ1v) is 6.12. The maximum absolute atomic E-state index is 12.2. The van der Waals surface area contributed by atoms with Gasteiger partial charge in [0.15, 0.2) is 0 Å². The van der Waals surface area contributed by atoms with Gasteiger partial charge in [-0.25, -0.2) is 4.52 Å². The number of morpholine rings is 1. The smallest absolute Gasteiger partial charge is 0.276 e. The number of nitrogens with one attached hydrogen (secondary N) is 1. The summed E-state index contributed by atoms with van der Waals surface area (Å²) in [4.78, 5) is 12.2. The summed E-state index contributed by atoms with van der Waals surface area (Å²) < 4.78 is 8.92. The van der Waals surface area contributed by atoms with Gasteiger partial charge in [0.2, 0.25) is 0 Å². The Morgan fingerprint density at radius 2 is 2.44 bits per heavy atom. The number of ether oxygens (including phenoxy) is 1. The molecule has 2 aromatic heterocycles. The number of nitrogens with zero attached hydrogens (tertiary/aromatic N) is 3. The summed E-state index contributed by atoms with van der Waals surface area (Å²) in [6, 6.07) is 1.80. The third kappa shape index (κ3) is 2.04. The summed E-state index contributed by atoms with van der Waals surface area (Å²) in [5.74, 6) is 0. The van der Waals surface area contributed by atoms with E-state index in [0.29, 0.717) is 18.7 Å². The van der Waals surface area contributed by atoms with Crippen LogP contribution in [0.25, 0.3) is 5.52 Å². The predicted molar refractivity (Wildman–Crippen MR) is 66.8 cm³/mol. The van der Waals surface area contributed by atoms with Crippen LogP contribution in [0.5, 0.6) is 0 Å². The molecule has 1 fully saturated rings. The molecular formula is C12H16N4O2. The molecule has 1 aliphatic rings. The van der Waals surface area contributed by atoms with Gasteiger partial charge in [-0.15, -0.1) is 0 Å². The summed E-state index contributed by atoms with van der Waals surface area (Å²) in [6.07, 6.45) is 3.63. The molecule has 0 bridgehead atoms. The number of aromatic nitrogens is 3. The molecule has 96 valence electrons. The molecule has 0 saturated carbocycles. The molecule has 1 aliphatic heterocycles. The Morgan fingerprint density at radius 1 is 1.56 bits per heavy atom. The zero-order chi connectivity index (χ0) is 12.5. The Labute approximate surface area is 104 Å². The molecule has 0 amide bonds. The predicted octanol–water partition coefficient (Wildman–Crippen LogP) is -0.207. The number of hydrogen-bond donors (Lipinski definition) is 1. The van der Waals surface area contributed by atoms with Gasteiger partial charge in [-0.1, -0.05) is 0 Å². The van der Waals surface area contributed by atoms with Crippen LogP contribution in [0, 0.1) is 6.92 Å². The average Bonchev–Trinajstić information content (AvgIpc) is 2.76. The van der Waals surface area contributed by atoms with E-state index in [9.17, 15) is 4.79 Å². The van der Waals surface area contributed by atoms with Gasteiger partial charge in [-0.3, -0.25) is 4.79 Å². The molecule has 3 rings (SSSR count). The van der Waals surface area contributed by atoms with Gasteiger partial charge in [0.25, 0.3) is 5.56 Å². The van der Waals surface area contributed by atoms with Crippen molar-refractivity contribution >= 4 is 5.52 Å². The Kier molecular flexibility index (Phi) is 2.89.